The summed E-state index contributed by atoms with van der Waals surface area (Å²) in [5, 5.41) is 3.19. The van der Waals surface area contributed by atoms with Crippen molar-refractivity contribution in [3.05, 3.63) is 27.0 Å². The smallest absolute Gasteiger partial charge is 0.133 e. The molecule has 0 bridgehead atoms. The van der Waals surface area contributed by atoms with E-state index in [0.29, 0.717) is 0 Å². The molecule has 0 saturated heterocycles. The third-order valence-corrected chi connectivity index (χ3v) is 4.17. The van der Waals surface area contributed by atoms with E-state index in [2.05, 4.69) is 39.3 Å². The summed E-state index contributed by atoms with van der Waals surface area (Å²) in [4.78, 5) is 6.80. The van der Waals surface area contributed by atoms with Crippen LogP contribution in [-0.4, -0.2) is 4.98 Å². The van der Waals surface area contributed by atoms with Crippen molar-refractivity contribution >= 4 is 38.6 Å². The maximum atomic E-state index is 4.31. The molecular weight excluding hydrogens is 254 g/mol. The number of halogens is 1. The first-order chi connectivity index (χ1) is 5.75. The van der Waals surface area contributed by atoms with Crippen molar-refractivity contribution in [2.45, 2.75) is 6.92 Å². The Morgan fingerprint density at radius 2 is 2.33 bits per heavy atom. The zero-order chi connectivity index (χ0) is 8.55. The van der Waals surface area contributed by atoms with E-state index in [1.54, 1.807) is 22.7 Å². The van der Waals surface area contributed by atoms with Gasteiger partial charge in [-0.05, 0) is 28.9 Å². The van der Waals surface area contributed by atoms with Gasteiger partial charge in [-0.25, -0.2) is 4.98 Å². The Labute approximate surface area is 87.2 Å². The second kappa shape index (κ2) is 3.28. The Morgan fingerprint density at radius 1 is 1.50 bits per heavy atom. The second-order valence-corrected chi connectivity index (χ2v) is 5.47. The lowest BCUT2D eigenvalue weighted by Crippen LogP contribution is -1.63. The van der Waals surface area contributed by atoms with Gasteiger partial charge in [-0.1, -0.05) is 0 Å². The van der Waals surface area contributed by atoms with Gasteiger partial charge in [0.1, 0.15) is 5.01 Å². The van der Waals surface area contributed by atoms with Gasteiger partial charge in [0, 0.05) is 20.9 Å². The third kappa shape index (κ3) is 1.60. The van der Waals surface area contributed by atoms with Crippen molar-refractivity contribution < 1.29 is 0 Å². The van der Waals surface area contributed by atoms with E-state index in [4.69, 9.17) is 0 Å². The van der Waals surface area contributed by atoms with Crippen LogP contribution < -0.4 is 0 Å². The van der Waals surface area contributed by atoms with Crippen LogP contribution in [0.2, 0.25) is 0 Å². The van der Waals surface area contributed by atoms with Crippen molar-refractivity contribution in [3.8, 4) is 9.88 Å². The molecule has 0 radical (unpaired) electrons. The molecule has 0 aromatic carbocycles. The number of hydrogen-bond donors (Lipinski definition) is 0. The summed E-state index contributed by atoms with van der Waals surface area (Å²) in [6.45, 7) is 2.07. The molecule has 0 N–H and O–H groups in total. The summed E-state index contributed by atoms with van der Waals surface area (Å²) in [6.07, 6.45) is 1.91. The number of aryl methyl sites for hydroxylation is 1. The number of hydrogen-bond acceptors (Lipinski definition) is 3. The molecule has 0 unspecified atom stereocenters. The Balaban J connectivity index is 2.43. The minimum absolute atomic E-state index is 1.11. The normalized spacial score (nSPS) is 10.5. The quantitative estimate of drug-likeness (QED) is 0.756. The fourth-order valence-corrected chi connectivity index (χ4v) is 3.16. The molecule has 0 spiro atoms. The lowest BCUT2D eigenvalue weighted by Gasteiger charge is -1.84. The summed E-state index contributed by atoms with van der Waals surface area (Å²) in [5.74, 6) is 0. The predicted octanol–water partition coefficient (Wildman–Crippen LogP) is 3.94. The van der Waals surface area contributed by atoms with Crippen molar-refractivity contribution in [2.24, 2.45) is 0 Å². The largest absolute Gasteiger partial charge is 0.243 e. The number of nitrogens with zero attached hydrogens (tertiary/aromatic N) is 1. The molecule has 0 fully saturated rings. The highest BCUT2D eigenvalue weighted by atomic mass is 79.9. The Kier molecular flexibility index (Phi) is 2.30. The van der Waals surface area contributed by atoms with E-state index in [-0.39, 0.29) is 0 Å². The van der Waals surface area contributed by atoms with Crippen molar-refractivity contribution in [3.63, 3.8) is 0 Å². The summed E-state index contributed by atoms with van der Waals surface area (Å²) in [6, 6.07) is 2.10. The molecule has 1 nitrogen and oxygen atoms in total. The van der Waals surface area contributed by atoms with Crippen LogP contribution in [0.4, 0.5) is 0 Å². The van der Waals surface area contributed by atoms with Gasteiger partial charge in [-0.3, -0.25) is 0 Å². The lowest BCUT2D eigenvalue weighted by molar-refractivity contribution is 1.39. The third-order valence-electron chi connectivity index (χ3n) is 1.40. The van der Waals surface area contributed by atoms with E-state index in [0.717, 1.165) is 9.48 Å². The van der Waals surface area contributed by atoms with Crippen LogP contribution in [0.1, 0.15) is 4.88 Å². The molecule has 2 aromatic heterocycles. The number of thiophene rings is 1. The van der Waals surface area contributed by atoms with Crippen LogP contribution in [0.25, 0.3) is 9.88 Å². The minimum atomic E-state index is 1.11. The van der Waals surface area contributed by atoms with Crippen molar-refractivity contribution in [2.75, 3.05) is 0 Å². The SMILES string of the molecule is Cc1cnc(-c2cc(Br)cs2)s1. The average molecular weight is 260 g/mol. The van der Waals surface area contributed by atoms with Crippen LogP contribution in [0.3, 0.4) is 0 Å². The molecular formula is C8H6BrNS2. The predicted molar refractivity (Wildman–Crippen MR) is 57.9 cm³/mol. The van der Waals surface area contributed by atoms with Crippen molar-refractivity contribution in [1.82, 2.24) is 4.98 Å². The number of aromatic nitrogens is 1. The number of thiazole rings is 1. The summed E-state index contributed by atoms with van der Waals surface area (Å²) in [7, 11) is 0. The van der Waals surface area contributed by atoms with E-state index >= 15 is 0 Å². The molecule has 12 heavy (non-hydrogen) atoms. The standard InChI is InChI=1S/C8H6BrNS2/c1-5-3-10-8(12-5)7-2-6(9)4-11-7/h2-4H,1H3. The topological polar surface area (TPSA) is 12.9 Å². The van der Waals surface area contributed by atoms with Gasteiger partial charge in [-0.15, -0.1) is 22.7 Å². The molecule has 2 aromatic rings. The molecule has 0 saturated carbocycles. The minimum Gasteiger partial charge on any atom is -0.243 e. The van der Waals surface area contributed by atoms with Gasteiger partial charge >= 0.3 is 0 Å². The van der Waals surface area contributed by atoms with Crippen LogP contribution in [0, 0.1) is 6.92 Å². The zero-order valence-corrected chi connectivity index (χ0v) is 9.59. The van der Waals surface area contributed by atoms with E-state index in [9.17, 15) is 0 Å². The van der Waals surface area contributed by atoms with Gasteiger partial charge in [0.05, 0.1) is 4.88 Å². The summed E-state index contributed by atoms with van der Waals surface area (Å²) >= 11 is 6.87. The fraction of sp³-hybridized carbons (Fsp3) is 0.125. The molecule has 2 heterocycles. The van der Waals surface area contributed by atoms with Crippen LogP contribution in [0.5, 0.6) is 0 Å². The molecule has 0 aliphatic rings. The average Bonchev–Trinajstić information content (AvgIpc) is 2.58. The molecule has 4 heteroatoms. The first-order valence-corrected chi connectivity index (χ1v) is 5.91. The van der Waals surface area contributed by atoms with E-state index in [1.165, 1.54) is 9.75 Å². The molecule has 62 valence electrons. The monoisotopic (exact) mass is 259 g/mol. The second-order valence-electron chi connectivity index (χ2n) is 2.41. The maximum Gasteiger partial charge on any atom is 0.133 e. The molecule has 0 aliphatic heterocycles. The van der Waals surface area contributed by atoms with E-state index < -0.39 is 0 Å². The molecule has 2 rings (SSSR count). The summed E-state index contributed by atoms with van der Waals surface area (Å²) in [5.41, 5.74) is 0. The highest BCUT2D eigenvalue weighted by molar-refractivity contribution is 9.10. The fourth-order valence-electron chi connectivity index (χ4n) is 0.894. The maximum absolute atomic E-state index is 4.31. The van der Waals surface area contributed by atoms with Gasteiger partial charge in [-0.2, -0.15) is 0 Å². The Bertz CT molecular complexity index is 353. The zero-order valence-electron chi connectivity index (χ0n) is 6.37. The van der Waals surface area contributed by atoms with Gasteiger partial charge in [0.2, 0.25) is 0 Å². The lowest BCUT2D eigenvalue weighted by atomic mass is 10.5. The van der Waals surface area contributed by atoms with Crippen molar-refractivity contribution in [1.29, 1.82) is 0 Å². The molecule has 0 aliphatic carbocycles. The van der Waals surface area contributed by atoms with Gasteiger partial charge in [0.15, 0.2) is 0 Å². The molecule has 0 atom stereocenters. The van der Waals surface area contributed by atoms with Crippen LogP contribution in [-0.2, 0) is 0 Å². The Morgan fingerprint density at radius 3 is 2.83 bits per heavy atom. The van der Waals surface area contributed by atoms with Gasteiger partial charge in [0.25, 0.3) is 0 Å². The summed E-state index contributed by atoms with van der Waals surface area (Å²) < 4.78 is 1.13. The highest BCUT2D eigenvalue weighted by Crippen LogP contribution is 2.32. The molecule has 0 amide bonds. The van der Waals surface area contributed by atoms with E-state index in [1.807, 2.05) is 6.20 Å². The van der Waals surface area contributed by atoms with Gasteiger partial charge < -0.3 is 0 Å². The van der Waals surface area contributed by atoms with Crippen LogP contribution in [0.15, 0.2) is 22.1 Å². The first-order valence-electron chi connectivity index (χ1n) is 3.42. The Hall–Kier alpha value is -0.190. The highest BCUT2D eigenvalue weighted by Gasteiger charge is 2.04. The van der Waals surface area contributed by atoms with Crippen LogP contribution >= 0.6 is 38.6 Å². The first kappa shape index (κ1) is 8.41. The number of rotatable bonds is 1.